The third-order valence-electron chi connectivity index (χ3n) is 1.68. The molecular formula is C7H12N2O3S. The van der Waals surface area contributed by atoms with Crippen LogP contribution in [0.5, 0.6) is 0 Å². The summed E-state index contributed by atoms with van der Waals surface area (Å²) in [5.41, 5.74) is 0.707. The van der Waals surface area contributed by atoms with Crippen LogP contribution in [0.1, 0.15) is 18.4 Å². The molecule has 1 aromatic heterocycles. The Bertz CT molecular complexity index is 369. The molecule has 0 radical (unpaired) electrons. The van der Waals surface area contributed by atoms with Gasteiger partial charge in [0.1, 0.15) is 5.76 Å². The first-order chi connectivity index (χ1) is 6.05. The van der Waals surface area contributed by atoms with Crippen LogP contribution in [-0.4, -0.2) is 19.2 Å². The average Bonchev–Trinajstić information content (AvgIpc) is 2.48. The third kappa shape index (κ3) is 2.82. The standard InChI is InChI=1S/C7H12N2O3S/c1-3-13(10,11)9-4-7-6(2)8-5-12-7/h5,9H,3-4H2,1-2H3. The van der Waals surface area contributed by atoms with Crippen molar-refractivity contribution in [1.29, 1.82) is 0 Å². The van der Waals surface area contributed by atoms with Gasteiger partial charge in [0, 0.05) is 0 Å². The van der Waals surface area contributed by atoms with Crippen molar-refractivity contribution in [2.45, 2.75) is 20.4 Å². The van der Waals surface area contributed by atoms with E-state index in [-0.39, 0.29) is 12.3 Å². The fraction of sp³-hybridized carbons (Fsp3) is 0.571. The number of aryl methyl sites for hydroxylation is 1. The summed E-state index contributed by atoms with van der Waals surface area (Å²) in [6.45, 7) is 3.51. The van der Waals surface area contributed by atoms with Gasteiger partial charge in [0.25, 0.3) is 0 Å². The Labute approximate surface area is 77.2 Å². The van der Waals surface area contributed by atoms with Crippen molar-refractivity contribution in [1.82, 2.24) is 9.71 Å². The van der Waals surface area contributed by atoms with Crippen molar-refractivity contribution in [3.05, 3.63) is 17.8 Å². The van der Waals surface area contributed by atoms with Crippen molar-refractivity contribution >= 4 is 10.0 Å². The molecule has 13 heavy (non-hydrogen) atoms. The van der Waals surface area contributed by atoms with Gasteiger partial charge in [-0.15, -0.1) is 0 Å². The van der Waals surface area contributed by atoms with Crippen LogP contribution in [0.2, 0.25) is 0 Å². The first-order valence-corrected chi connectivity index (χ1v) is 5.56. The second-order valence-electron chi connectivity index (χ2n) is 2.59. The zero-order chi connectivity index (χ0) is 9.90. The van der Waals surface area contributed by atoms with Gasteiger partial charge in [-0.05, 0) is 13.8 Å². The van der Waals surface area contributed by atoms with E-state index >= 15 is 0 Å². The average molecular weight is 204 g/mol. The highest BCUT2D eigenvalue weighted by molar-refractivity contribution is 7.89. The van der Waals surface area contributed by atoms with Crippen molar-refractivity contribution in [3.8, 4) is 0 Å². The summed E-state index contributed by atoms with van der Waals surface area (Å²) >= 11 is 0. The van der Waals surface area contributed by atoms with Gasteiger partial charge >= 0.3 is 0 Å². The lowest BCUT2D eigenvalue weighted by molar-refractivity contribution is 0.492. The van der Waals surface area contributed by atoms with Gasteiger partial charge in [-0.25, -0.2) is 18.1 Å². The van der Waals surface area contributed by atoms with Crippen molar-refractivity contribution in [3.63, 3.8) is 0 Å². The summed E-state index contributed by atoms with van der Waals surface area (Å²) in [5.74, 6) is 0.622. The van der Waals surface area contributed by atoms with E-state index in [4.69, 9.17) is 4.42 Å². The lowest BCUT2D eigenvalue weighted by Crippen LogP contribution is -2.24. The summed E-state index contributed by atoms with van der Waals surface area (Å²) in [5, 5.41) is 0. The summed E-state index contributed by atoms with van der Waals surface area (Å²) < 4.78 is 29.4. The number of hydrogen-bond donors (Lipinski definition) is 1. The fourth-order valence-corrected chi connectivity index (χ4v) is 1.33. The fourth-order valence-electron chi connectivity index (χ4n) is 0.773. The molecule has 1 rings (SSSR count). The maximum Gasteiger partial charge on any atom is 0.211 e. The van der Waals surface area contributed by atoms with Gasteiger partial charge < -0.3 is 4.42 Å². The Morgan fingerprint density at radius 2 is 2.31 bits per heavy atom. The minimum atomic E-state index is -3.15. The van der Waals surface area contributed by atoms with E-state index in [0.29, 0.717) is 11.5 Å². The Hall–Kier alpha value is -0.880. The molecule has 74 valence electrons. The largest absolute Gasteiger partial charge is 0.447 e. The molecule has 0 aromatic carbocycles. The van der Waals surface area contributed by atoms with E-state index in [1.54, 1.807) is 13.8 Å². The molecule has 6 heteroatoms. The zero-order valence-corrected chi connectivity index (χ0v) is 8.39. The molecule has 0 spiro atoms. The topological polar surface area (TPSA) is 72.2 Å². The highest BCUT2D eigenvalue weighted by atomic mass is 32.2. The normalized spacial score (nSPS) is 11.8. The molecule has 5 nitrogen and oxygen atoms in total. The molecule has 0 aliphatic carbocycles. The smallest absolute Gasteiger partial charge is 0.211 e. The summed E-state index contributed by atoms with van der Waals surface area (Å²) in [6, 6.07) is 0. The molecule has 0 aliphatic rings. The van der Waals surface area contributed by atoms with Gasteiger partial charge in [0.15, 0.2) is 6.39 Å². The van der Waals surface area contributed by atoms with E-state index in [0.717, 1.165) is 0 Å². The maximum absolute atomic E-state index is 11.0. The highest BCUT2D eigenvalue weighted by Crippen LogP contribution is 2.04. The third-order valence-corrected chi connectivity index (χ3v) is 3.02. The maximum atomic E-state index is 11.0. The Balaban J connectivity index is 2.58. The predicted octanol–water partition coefficient (Wildman–Crippen LogP) is 0.422. The van der Waals surface area contributed by atoms with Crippen LogP contribution in [0.3, 0.4) is 0 Å². The van der Waals surface area contributed by atoms with Gasteiger partial charge in [0.05, 0.1) is 18.0 Å². The van der Waals surface area contributed by atoms with Crippen LogP contribution >= 0.6 is 0 Å². The predicted molar refractivity (Wildman–Crippen MR) is 47.5 cm³/mol. The first kappa shape index (κ1) is 10.2. The molecule has 0 aliphatic heterocycles. The number of nitrogens with one attached hydrogen (secondary N) is 1. The zero-order valence-electron chi connectivity index (χ0n) is 7.57. The number of rotatable bonds is 4. The van der Waals surface area contributed by atoms with Crippen LogP contribution in [0.4, 0.5) is 0 Å². The molecule has 0 bridgehead atoms. The van der Waals surface area contributed by atoms with Crippen molar-refractivity contribution in [2.24, 2.45) is 0 Å². The van der Waals surface area contributed by atoms with E-state index in [2.05, 4.69) is 9.71 Å². The molecule has 0 unspecified atom stereocenters. The van der Waals surface area contributed by atoms with Crippen molar-refractivity contribution in [2.75, 3.05) is 5.75 Å². The second kappa shape index (κ2) is 3.89. The van der Waals surface area contributed by atoms with Crippen LogP contribution in [-0.2, 0) is 16.6 Å². The molecule has 0 fully saturated rings. The van der Waals surface area contributed by atoms with E-state index < -0.39 is 10.0 Å². The minimum Gasteiger partial charge on any atom is -0.447 e. The Morgan fingerprint density at radius 1 is 1.62 bits per heavy atom. The van der Waals surface area contributed by atoms with Crippen LogP contribution < -0.4 is 4.72 Å². The first-order valence-electron chi connectivity index (χ1n) is 3.91. The molecule has 1 aromatic rings. The molecule has 0 atom stereocenters. The van der Waals surface area contributed by atoms with E-state index in [9.17, 15) is 8.42 Å². The summed E-state index contributed by atoms with van der Waals surface area (Å²) in [6.07, 6.45) is 1.30. The lowest BCUT2D eigenvalue weighted by Gasteiger charge is -2.01. The van der Waals surface area contributed by atoms with Gasteiger partial charge in [-0.3, -0.25) is 0 Å². The number of sulfonamides is 1. The number of aromatic nitrogens is 1. The van der Waals surface area contributed by atoms with E-state index in [1.165, 1.54) is 6.39 Å². The lowest BCUT2D eigenvalue weighted by atomic mass is 10.4. The monoisotopic (exact) mass is 204 g/mol. The Morgan fingerprint density at radius 3 is 2.77 bits per heavy atom. The molecule has 0 saturated carbocycles. The molecule has 0 saturated heterocycles. The van der Waals surface area contributed by atoms with Crippen LogP contribution in [0.15, 0.2) is 10.8 Å². The van der Waals surface area contributed by atoms with Crippen LogP contribution in [0, 0.1) is 6.92 Å². The molecular weight excluding hydrogens is 192 g/mol. The number of hydrogen-bond acceptors (Lipinski definition) is 4. The SMILES string of the molecule is CCS(=O)(=O)NCc1ocnc1C. The summed E-state index contributed by atoms with van der Waals surface area (Å²) in [7, 11) is -3.15. The number of oxazole rings is 1. The highest BCUT2D eigenvalue weighted by Gasteiger charge is 2.09. The number of nitrogens with zero attached hydrogens (tertiary/aromatic N) is 1. The van der Waals surface area contributed by atoms with E-state index in [1.807, 2.05) is 0 Å². The second-order valence-corrected chi connectivity index (χ2v) is 4.68. The van der Waals surface area contributed by atoms with Crippen molar-refractivity contribution < 1.29 is 12.8 Å². The Kier molecular flexibility index (Phi) is 3.05. The molecule has 1 heterocycles. The molecule has 1 N–H and O–H groups in total. The quantitative estimate of drug-likeness (QED) is 0.771. The minimum absolute atomic E-state index is 0.0696. The van der Waals surface area contributed by atoms with Gasteiger partial charge in [-0.2, -0.15) is 0 Å². The van der Waals surface area contributed by atoms with Crippen LogP contribution in [0.25, 0.3) is 0 Å². The molecule has 0 amide bonds. The van der Waals surface area contributed by atoms with Gasteiger partial charge in [0.2, 0.25) is 10.0 Å². The summed E-state index contributed by atoms with van der Waals surface area (Å²) in [4.78, 5) is 3.84. The van der Waals surface area contributed by atoms with Gasteiger partial charge in [-0.1, -0.05) is 0 Å².